The molecule has 25 heavy (non-hydrogen) atoms. The number of likely N-dealkylation sites (tertiary alicyclic amines) is 1. The molecule has 140 valence electrons. The molecule has 1 aromatic rings. The van der Waals surface area contributed by atoms with E-state index in [9.17, 15) is 8.78 Å². The number of aliphatic imine (C=N–C) groups is 1. The van der Waals surface area contributed by atoms with Crippen LogP contribution in [0.4, 0.5) is 8.78 Å². The molecule has 1 saturated heterocycles. The van der Waals surface area contributed by atoms with Gasteiger partial charge in [-0.3, -0.25) is 4.99 Å². The van der Waals surface area contributed by atoms with Crippen molar-refractivity contribution >= 4 is 5.96 Å². The quantitative estimate of drug-likeness (QED) is 0.603. The summed E-state index contributed by atoms with van der Waals surface area (Å²) in [6.45, 7) is 10.8. The van der Waals surface area contributed by atoms with E-state index in [2.05, 4.69) is 10.2 Å². The first-order valence-corrected chi connectivity index (χ1v) is 9.11. The fourth-order valence-electron chi connectivity index (χ4n) is 3.02. The Hall–Kier alpha value is -1.69. The van der Waals surface area contributed by atoms with Crippen molar-refractivity contribution in [1.29, 1.82) is 0 Å². The van der Waals surface area contributed by atoms with E-state index >= 15 is 0 Å². The van der Waals surface area contributed by atoms with Crippen LogP contribution in [0.5, 0.6) is 0 Å². The highest BCUT2D eigenvalue weighted by Crippen LogP contribution is 2.20. The Morgan fingerprint density at radius 2 is 2.16 bits per heavy atom. The van der Waals surface area contributed by atoms with Crippen molar-refractivity contribution in [1.82, 2.24) is 10.2 Å². The highest BCUT2D eigenvalue weighted by atomic mass is 19.2. The van der Waals surface area contributed by atoms with E-state index in [0.29, 0.717) is 12.5 Å². The summed E-state index contributed by atoms with van der Waals surface area (Å²) >= 11 is 0. The van der Waals surface area contributed by atoms with Gasteiger partial charge in [-0.2, -0.15) is 0 Å². The molecule has 6 heteroatoms. The van der Waals surface area contributed by atoms with Gasteiger partial charge in [0, 0.05) is 44.6 Å². The van der Waals surface area contributed by atoms with Crippen molar-refractivity contribution < 1.29 is 13.5 Å². The maximum Gasteiger partial charge on any atom is 0.193 e. The Morgan fingerprint density at radius 1 is 1.36 bits per heavy atom. The third-order valence-electron chi connectivity index (χ3n) is 4.51. The molecule has 1 fully saturated rings. The number of ether oxygens (including phenoxy) is 1. The van der Waals surface area contributed by atoms with Crippen LogP contribution in [0.15, 0.2) is 23.2 Å². The van der Waals surface area contributed by atoms with Gasteiger partial charge in [-0.05, 0) is 38.0 Å². The van der Waals surface area contributed by atoms with Gasteiger partial charge in [-0.25, -0.2) is 8.78 Å². The van der Waals surface area contributed by atoms with E-state index in [-0.39, 0.29) is 5.92 Å². The molecule has 0 amide bonds. The number of halogens is 2. The predicted octanol–water partition coefficient (Wildman–Crippen LogP) is 3.39. The monoisotopic (exact) mass is 353 g/mol. The van der Waals surface area contributed by atoms with Crippen LogP contribution >= 0.6 is 0 Å². The highest BCUT2D eigenvalue weighted by molar-refractivity contribution is 5.80. The van der Waals surface area contributed by atoms with Crippen molar-refractivity contribution in [3.05, 3.63) is 35.4 Å². The molecule has 2 atom stereocenters. The van der Waals surface area contributed by atoms with Gasteiger partial charge in [-0.15, -0.1) is 0 Å². The number of hydrogen-bond donors (Lipinski definition) is 1. The number of nitrogens with one attached hydrogen (secondary N) is 1. The molecule has 2 unspecified atom stereocenters. The van der Waals surface area contributed by atoms with E-state index in [4.69, 9.17) is 9.73 Å². The van der Waals surface area contributed by atoms with Gasteiger partial charge in [0.1, 0.15) is 0 Å². The average molecular weight is 353 g/mol. The molecule has 0 aromatic heterocycles. The molecule has 4 nitrogen and oxygen atoms in total. The Bertz CT molecular complexity index is 580. The Kier molecular flexibility index (Phi) is 7.62. The highest BCUT2D eigenvalue weighted by Gasteiger charge is 2.25. The maximum absolute atomic E-state index is 13.4. The first-order valence-electron chi connectivity index (χ1n) is 9.11. The standard InChI is InChI=1S/C19H29F2N3O/c1-4-22-19(24-9-8-15(12-24)13-25-5-2)23-11-14(3)16-6-7-17(20)18(21)10-16/h6-7,10,14-15H,4-5,8-9,11-13H2,1-3H3,(H,22,23). The Morgan fingerprint density at radius 3 is 2.84 bits per heavy atom. The number of benzene rings is 1. The second-order valence-corrected chi connectivity index (χ2v) is 6.53. The third kappa shape index (κ3) is 5.66. The zero-order chi connectivity index (χ0) is 18.2. The zero-order valence-electron chi connectivity index (χ0n) is 15.4. The summed E-state index contributed by atoms with van der Waals surface area (Å²) in [5.74, 6) is -0.183. The molecule has 0 bridgehead atoms. The van der Waals surface area contributed by atoms with Crippen molar-refractivity contribution in [3.63, 3.8) is 0 Å². The van der Waals surface area contributed by atoms with Crippen LogP contribution in [-0.4, -0.2) is 50.3 Å². The molecular weight excluding hydrogens is 324 g/mol. The smallest absolute Gasteiger partial charge is 0.193 e. The van der Waals surface area contributed by atoms with Crippen LogP contribution < -0.4 is 5.32 Å². The molecule has 1 heterocycles. The minimum absolute atomic E-state index is 0.0191. The molecule has 0 spiro atoms. The van der Waals surface area contributed by atoms with Gasteiger partial charge in [0.25, 0.3) is 0 Å². The molecule has 0 radical (unpaired) electrons. The van der Waals surface area contributed by atoms with Crippen molar-refractivity contribution in [3.8, 4) is 0 Å². The van der Waals surface area contributed by atoms with Gasteiger partial charge in [0.05, 0.1) is 6.61 Å². The summed E-state index contributed by atoms with van der Waals surface area (Å²) in [6, 6.07) is 4.06. The number of guanidine groups is 1. The molecule has 0 aliphatic carbocycles. The second kappa shape index (κ2) is 9.70. The lowest BCUT2D eigenvalue weighted by atomic mass is 10.0. The topological polar surface area (TPSA) is 36.9 Å². The van der Waals surface area contributed by atoms with Crippen LogP contribution in [0.25, 0.3) is 0 Å². The van der Waals surface area contributed by atoms with Gasteiger partial charge in [0.15, 0.2) is 17.6 Å². The van der Waals surface area contributed by atoms with E-state index < -0.39 is 11.6 Å². The van der Waals surface area contributed by atoms with Crippen LogP contribution in [0.1, 0.15) is 38.7 Å². The molecule has 1 aliphatic heterocycles. The predicted molar refractivity (Wildman–Crippen MR) is 96.9 cm³/mol. The van der Waals surface area contributed by atoms with Crippen molar-refractivity contribution in [2.75, 3.05) is 39.4 Å². The lowest BCUT2D eigenvalue weighted by molar-refractivity contribution is 0.114. The summed E-state index contributed by atoms with van der Waals surface area (Å²) in [5.41, 5.74) is 0.758. The average Bonchev–Trinajstić information content (AvgIpc) is 3.07. The van der Waals surface area contributed by atoms with E-state index in [1.807, 2.05) is 20.8 Å². The molecule has 1 aliphatic rings. The molecule has 1 N–H and O–H groups in total. The molecular formula is C19H29F2N3O. The Balaban J connectivity index is 1.98. The normalized spacial score (nSPS) is 19.3. The number of rotatable bonds is 7. The number of nitrogens with zero attached hydrogens (tertiary/aromatic N) is 2. The zero-order valence-corrected chi connectivity index (χ0v) is 15.4. The molecule has 2 rings (SSSR count). The Labute approximate surface area is 149 Å². The van der Waals surface area contributed by atoms with Crippen LogP contribution in [0.3, 0.4) is 0 Å². The lowest BCUT2D eigenvalue weighted by Gasteiger charge is -2.22. The van der Waals surface area contributed by atoms with Gasteiger partial charge in [0.2, 0.25) is 0 Å². The molecule has 1 aromatic carbocycles. The second-order valence-electron chi connectivity index (χ2n) is 6.53. The summed E-state index contributed by atoms with van der Waals surface area (Å²) in [6.07, 6.45) is 1.10. The minimum atomic E-state index is -0.815. The van der Waals surface area contributed by atoms with Gasteiger partial charge < -0.3 is 15.0 Å². The largest absolute Gasteiger partial charge is 0.381 e. The SMILES string of the molecule is CCNC(=NCC(C)c1ccc(F)c(F)c1)N1CCC(COCC)C1. The fraction of sp³-hybridized carbons (Fsp3) is 0.632. The van der Waals surface area contributed by atoms with Gasteiger partial charge in [-0.1, -0.05) is 13.0 Å². The summed E-state index contributed by atoms with van der Waals surface area (Å²) in [5, 5.41) is 3.33. The third-order valence-corrected chi connectivity index (χ3v) is 4.51. The van der Waals surface area contributed by atoms with E-state index in [1.165, 1.54) is 12.1 Å². The maximum atomic E-state index is 13.4. The van der Waals surface area contributed by atoms with E-state index in [1.54, 1.807) is 6.07 Å². The van der Waals surface area contributed by atoms with Gasteiger partial charge >= 0.3 is 0 Å². The van der Waals surface area contributed by atoms with Crippen molar-refractivity contribution in [2.45, 2.75) is 33.1 Å². The summed E-state index contributed by atoms with van der Waals surface area (Å²) in [4.78, 5) is 6.97. The lowest BCUT2D eigenvalue weighted by Crippen LogP contribution is -2.40. The minimum Gasteiger partial charge on any atom is -0.381 e. The number of hydrogen-bond acceptors (Lipinski definition) is 2. The first kappa shape index (κ1) is 19.6. The summed E-state index contributed by atoms with van der Waals surface area (Å²) < 4.78 is 32.0. The van der Waals surface area contributed by atoms with Crippen LogP contribution in [-0.2, 0) is 4.74 Å². The van der Waals surface area contributed by atoms with Crippen LogP contribution in [0.2, 0.25) is 0 Å². The summed E-state index contributed by atoms with van der Waals surface area (Å²) in [7, 11) is 0. The van der Waals surface area contributed by atoms with Crippen LogP contribution in [0, 0.1) is 17.6 Å². The van der Waals surface area contributed by atoms with Crippen molar-refractivity contribution in [2.24, 2.45) is 10.9 Å². The fourth-order valence-corrected chi connectivity index (χ4v) is 3.02. The molecule has 0 saturated carbocycles. The van der Waals surface area contributed by atoms with E-state index in [0.717, 1.165) is 50.8 Å². The first-order chi connectivity index (χ1) is 12.0.